The molecule has 4 nitrogen and oxygen atoms in total. The van der Waals surface area contributed by atoms with E-state index in [9.17, 15) is 9.59 Å². The molecule has 4 aliphatic rings. The zero-order valence-corrected chi connectivity index (χ0v) is 15.0. The van der Waals surface area contributed by atoms with Crippen molar-refractivity contribution in [3.8, 4) is 0 Å². The van der Waals surface area contributed by atoms with Crippen molar-refractivity contribution in [2.45, 2.75) is 58.0 Å². The van der Waals surface area contributed by atoms with Crippen molar-refractivity contribution in [1.29, 1.82) is 0 Å². The van der Waals surface area contributed by atoms with E-state index < -0.39 is 11.8 Å². The SMILES string of the molecule is CC(NC(=O)C(=O)NCc1ccccc1)C12CC3CC(CC(C3)C1)C2. The molecule has 4 heteroatoms. The van der Waals surface area contributed by atoms with Crippen LogP contribution < -0.4 is 10.6 Å². The monoisotopic (exact) mass is 340 g/mol. The average molecular weight is 340 g/mol. The third-order valence-electron chi connectivity index (χ3n) is 6.85. The molecular weight excluding hydrogens is 312 g/mol. The lowest BCUT2D eigenvalue weighted by molar-refractivity contribution is -0.141. The lowest BCUT2D eigenvalue weighted by atomic mass is 9.48. The molecular formula is C21H28N2O2. The molecule has 1 atom stereocenters. The van der Waals surface area contributed by atoms with Crippen molar-refractivity contribution in [3.63, 3.8) is 0 Å². The molecule has 0 saturated heterocycles. The Hall–Kier alpha value is -1.84. The summed E-state index contributed by atoms with van der Waals surface area (Å²) in [6.45, 7) is 2.49. The smallest absolute Gasteiger partial charge is 0.309 e. The predicted octanol–water partition coefficient (Wildman–Crippen LogP) is 3.02. The van der Waals surface area contributed by atoms with Crippen LogP contribution in [0.3, 0.4) is 0 Å². The summed E-state index contributed by atoms with van der Waals surface area (Å²) in [5.74, 6) is 1.52. The highest BCUT2D eigenvalue weighted by Crippen LogP contribution is 2.61. The molecule has 1 aromatic carbocycles. The molecule has 0 aliphatic heterocycles. The van der Waals surface area contributed by atoms with Crippen LogP contribution in [0.1, 0.15) is 51.0 Å². The van der Waals surface area contributed by atoms with Crippen molar-refractivity contribution in [3.05, 3.63) is 35.9 Å². The van der Waals surface area contributed by atoms with Crippen LogP contribution >= 0.6 is 0 Å². The van der Waals surface area contributed by atoms with Crippen molar-refractivity contribution in [1.82, 2.24) is 10.6 Å². The molecule has 0 heterocycles. The zero-order chi connectivity index (χ0) is 17.4. The molecule has 4 bridgehead atoms. The highest BCUT2D eigenvalue weighted by molar-refractivity contribution is 6.35. The molecule has 4 fully saturated rings. The van der Waals surface area contributed by atoms with Crippen molar-refractivity contribution >= 4 is 11.8 Å². The largest absolute Gasteiger partial charge is 0.345 e. The van der Waals surface area contributed by atoms with E-state index in [1.54, 1.807) is 0 Å². The van der Waals surface area contributed by atoms with Gasteiger partial charge in [-0.1, -0.05) is 30.3 Å². The number of benzene rings is 1. The van der Waals surface area contributed by atoms with Gasteiger partial charge in [-0.15, -0.1) is 0 Å². The molecule has 25 heavy (non-hydrogen) atoms. The Labute approximate surface area is 149 Å². The second-order valence-corrected chi connectivity index (χ2v) is 8.64. The van der Waals surface area contributed by atoms with Crippen LogP contribution in [0.5, 0.6) is 0 Å². The summed E-state index contributed by atoms with van der Waals surface area (Å²) in [7, 11) is 0. The summed E-state index contributed by atoms with van der Waals surface area (Å²) in [6.07, 6.45) is 7.84. The number of hydrogen-bond acceptors (Lipinski definition) is 2. The Morgan fingerprint density at radius 2 is 1.56 bits per heavy atom. The first-order valence-corrected chi connectivity index (χ1v) is 9.67. The molecule has 2 amide bonds. The first kappa shape index (κ1) is 16.6. The van der Waals surface area contributed by atoms with E-state index >= 15 is 0 Å². The van der Waals surface area contributed by atoms with Gasteiger partial charge >= 0.3 is 11.8 Å². The minimum atomic E-state index is -0.527. The molecule has 4 aliphatic carbocycles. The Morgan fingerprint density at radius 1 is 1.00 bits per heavy atom. The molecule has 5 rings (SSSR count). The third kappa shape index (κ3) is 3.31. The van der Waals surface area contributed by atoms with Crippen LogP contribution in [-0.2, 0) is 16.1 Å². The quantitative estimate of drug-likeness (QED) is 0.828. The Kier molecular flexibility index (Phi) is 4.30. The van der Waals surface area contributed by atoms with Gasteiger partial charge in [-0.3, -0.25) is 9.59 Å². The van der Waals surface area contributed by atoms with Gasteiger partial charge in [0.05, 0.1) is 0 Å². The van der Waals surface area contributed by atoms with E-state index in [1.807, 2.05) is 30.3 Å². The minimum absolute atomic E-state index is 0.0795. The maximum absolute atomic E-state index is 12.3. The van der Waals surface area contributed by atoms with Gasteiger partial charge < -0.3 is 10.6 Å². The van der Waals surface area contributed by atoms with E-state index in [2.05, 4.69) is 17.6 Å². The van der Waals surface area contributed by atoms with Gasteiger partial charge in [0, 0.05) is 12.6 Å². The lowest BCUT2D eigenvalue weighted by Crippen LogP contribution is -2.57. The van der Waals surface area contributed by atoms with Crippen LogP contribution in [0, 0.1) is 23.2 Å². The van der Waals surface area contributed by atoms with E-state index in [4.69, 9.17) is 0 Å². The molecule has 0 radical (unpaired) electrons. The van der Waals surface area contributed by atoms with Gasteiger partial charge in [0.1, 0.15) is 0 Å². The summed E-state index contributed by atoms with van der Waals surface area (Å²) in [5.41, 5.74) is 1.22. The summed E-state index contributed by atoms with van der Waals surface area (Å²) in [6, 6.07) is 9.75. The third-order valence-corrected chi connectivity index (χ3v) is 6.85. The Morgan fingerprint density at radius 3 is 2.12 bits per heavy atom. The van der Waals surface area contributed by atoms with E-state index in [-0.39, 0.29) is 11.5 Å². The van der Waals surface area contributed by atoms with Crippen molar-refractivity contribution in [2.24, 2.45) is 23.2 Å². The second kappa shape index (κ2) is 6.47. The molecule has 1 aromatic rings. The highest BCUT2D eigenvalue weighted by atomic mass is 16.2. The van der Waals surface area contributed by atoms with Crippen LogP contribution in [0.4, 0.5) is 0 Å². The summed E-state index contributed by atoms with van der Waals surface area (Å²) < 4.78 is 0. The number of carbonyl (C=O) groups excluding carboxylic acids is 2. The van der Waals surface area contributed by atoms with Gasteiger partial charge in [-0.2, -0.15) is 0 Å². The first-order chi connectivity index (χ1) is 12.0. The van der Waals surface area contributed by atoms with E-state index in [1.165, 1.54) is 38.5 Å². The number of rotatable bonds is 4. The molecule has 0 aromatic heterocycles. The summed E-state index contributed by atoms with van der Waals surface area (Å²) >= 11 is 0. The Balaban J connectivity index is 1.33. The second-order valence-electron chi connectivity index (χ2n) is 8.64. The maximum Gasteiger partial charge on any atom is 0.309 e. The summed E-state index contributed by atoms with van der Waals surface area (Å²) in [5, 5.41) is 5.75. The number of amides is 2. The van der Waals surface area contributed by atoms with Crippen molar-refractivity contribution in [2.75, 3.05) is 0 Å². The number of carbonyl (C=O) groups is 2. The summed E-state index contributed by atoms with van der Waals surface area (Å²) in [4.78, 5) is 24.5. The maximum atomic E-state index is 12.3. The minimum Gasteiger partial charge on any atom is -0.345 e. The molecule has 134 valence electrons. The van der Waals surface area contributed by atoms with Gasteiger partial charge in [-0.05, 0) is 74.2 Å². The van der Waals surface area contributed by atoms with Gasteiger partial charge in [0.2, 0.25) is 0 Å². The van der Waals surface area contributed by atoms with Crippen LogP contribution in [-0.4, -0.2) is 17.9 Å². The van der Waals surface area contributed by atoms with Gasteiger partial charge in [-0.25, -0.2) is 0 Å². The number of hydrogen-bond donors (Lipinski definition) is 2. The molecule has 4 saturated carbocycles. The predicted molar refractivity (Wildman–Crippen MR) is 96.5 cm³/mol. The Bertz CT molecular complexity index is 620. The lowest BCUT2D eigenvalue weighted by Gasteiger charge is -2.59. The fourth-order valence-electron chi connectivity index (χ4n) is 5.98. The number of nitrogens with one attached hydrogen (secondary N) is 2. The fraction of sp³-hybridized carbons (Fsp3) is 0.619. The first-order valence-electron chi connectivity index (χ1n) is 9.67. The van der Waals surface area contributed by atoms with Crippen LogP contribution in [0.2, 0.25) is 0 Å². The normalized spacial score (nSPS) is 33.7. The molecule has 0 spiro atoms. The molecule has 2 N–H and O–H groups in total. The molecule has 1 unspecified atom stereocenters. The van der Waals surface area contributed by atoms with Gasteiger partial charge in [0.15, 0.2) is 0 Å². The average Bonchev–Trinajstić information content (AvgIpc) is 2.59. The standard InChI is InChI=1S/C21H28N2O2/c1-14(21-10-16-7-17(11-21)9-18(8-16)12-21)23-20(25)19(24)22-13-15-5-3-2-4-6-15/h2-6,14,16-18H,7-13H2,1H3,(H,22,24)(H,23,25). The van der Waals surface area contributed by atoms with Crippen molar-refractivity contribution < 1.29 is 9.59 Å². The fourth-order valence-corrected chi connectivity index (χ4v) is 5.98. The van der Waals surface area contributed by atoms with Crippen LogP contribution in [0.25, 0.3) is 0 Å². The van der Waals surface area contributed by atoms with Gasteiger partial charge in [0.25, 0.3) is 0 Å². The zero-order valence-electron chi connectivity index (χ0n) is 15.0. The van der Waals surface area contributed by atoms with Crippen LogP contribution in [0.15, 0.2) is 30.3 Å². The topological polar surface area (TPSA) is 58.2 Å². The highest BCUT2D eigenvalue weighted by Gasteiger charge is 2.53. The van der Waals surface area contributed by atoms with E-state index in [0.717, 1.165) is 23.3 Å². The van der Waals surface area contributed by atoms with E-state index in [0.29, 0.717) is 6.54 Å².